The summed E-state index contributed by atoms with van der Waals surface area (Å²) in [6.45, 7) is 6.30. The van der Waals surface area contributed by atoms with Crippen molar-refractivity contribution < 1.29 is 14.6 Å². The summed E-state index contributed by atoms with van der Waals surface area (Å²) < 4.78 is 10.9. The number of aliphatic hydroxyl groups excluding tert-OH is 1. The van der Waals surface area contributed by atoms with Crippen molar-refractivity contribution in [2.75, 3.05) is 20.8 Å². The highest BCUT2D eigenvalue weighted by molar-refractivity contribution is 9.09. The van der Waals surface area contributed by atoms with Gasteiger partial charge in [-0.1, -0.05) is 15.9 Å². The van der Waals surface area contributed by atoms with Gasteiger partial charge >= 0.3 is 0 Å². The molecule has 2 atom stereocenters. The van der Waals surface area contributed by atoms with Crippen LogP contribution in [-0.4, -0.2) is 42.0 Å². The van der Waals surface area contributed by atoms with Crippen molar-refractivity contribution in [3.63, 3.8) is 0 Å². The van der Waals surface area contributed by atoms with Gasteiger partial charge in [0.2, 0.25) is 0 Å². The van der Waals surface area contributed by atoms with Crippen LogP contribution in [0.15, 0.2) is 0 Å². The van der Waals surface area contributed by atoms with Gasteiger partial charge in [0.1, 0.15) is 0 Å². The van der Waals surface area contributed by atoms with Gasteiger partial charge in [-0.3, -0.25) is 0 Å². The average Bonchev–Trinajstić information content (AvgIpc) is 2.26. The minimum absolute atomic E-state index is 0.158. The molecule has 0 amide bonds. The molecule has 0 saturated carbocycles. The topological polar surface area (TPSA) is 38.7 Å². The molecule has 0 fully saturated rings. The largest absolute Gasteiger partial charge is 0.396 e. The summed E-state index contributed by atoms with van der Waals surface area (Å²) in [7, 11) is 3.41. The van der Waals surface area contributed by atoms with Crippen molar-refractivity contribution >= 4 is 15.9 Å². The Hall–Kier alpha value is 0.360. The van der Waals surface area contributed by atoms with E-state index in [1.165, 1.54) is 0 Å². The van der Waals surface area contributed by atoms with E-state index in [0.717, 1.165) is 12.8 Å². The molecule has 0 heterocycles. The molecule has 0 aliphatic carbocycles. The zero-order valence-corrected chi connectivity index (χ0v) is 12.6. The third-order valence-electron chi connectivity index (χ3n) is 3.34. The van der Waals surface area contributed by atoms with Gasteiger partial charge < -0.3 is 14.6 Å². The third-order valence-corrected chi connectivity index (χ3v) is 4.90. The number of hydrogen-bond donors (Lipinski definition) is 1. The Labute approximate surface area is 108 Å². The number of rotatable bonds is 8. The van der Waals surface area contributed by atoms with E-state index in [0.29, 0.717) is 6.42 Å². The molecular weight excluding hydrogens is 272 g/mol. The molecule has 2 unspecified atom stereocenters. The molecule has 0 rings (SSSR count). The van der Waals surface area contributed by atoms with Gasteiger partial charge in [-0.15, -0.1) is 0 Å². The van der Waals surface area contributed by atoms with Crippen LogP contribution in [0.5, 0.6) is 0 Å². The monoisotopic (exact) mass is 296 g/mol. The lowest BCUT2D eigenvalue weighted by Gasteiger charge is -2.33. The molecule has 1 N–H and O–H groups in total. The number of aliphatic hydroxyl groups is 1. The lowest BCUT2D eigenvalue weighted by molar-refractivity contribution is -0.0288. The summed E-state index contributed by atoms with van der Waals surface area (Å²) in [6.07, 6.45) is 2.51. The first-order valence-electron chi connectivity index (χ1n) is 5.66. The number of alkyl halides is 1. The van der Waals surface area contributed by atoms with Gasteiger partial charge in [0.15, 0.2) is 0 Å². The number of methoxy groups -OCH3 is 2. The van der Waals surface area contributed by atoms with Gasteiger partial charge in [0, 0.05) is 25.7 Å². The molecule has 0 aliphatic heterocycles. The van der Waals surface area contributed by atoms with E-state index in [4.69, 9.17) is 14.6 Å². The Morgan fingerprint density at radius 2 is 1.69 bits per heavy atom. The van der Waals surface area contributed by atoms with Crippen molar-refractivity contribution in [3.05, 3.63) is 0 Å². The van der Waals surface area contributed by atoms with Crippen LogP contribution in [0, 0.1) is 0 Å². The predicted molar refractivity (Wildman–Crippen MR) is 70.2 cm³/mol. The Morgan fingerprint density at radius 3 is 2.06 bits per heavy atom. The highest BCUT2D eigenvalue weighted by Crippen LogP contribution is 2.30. The average molecular weight is 297 g/mol. The first kappa shape index (κ1) is 16.4. The van der Waals surface area contributed by atoms with Crippen LogP contribution >= 0.6 is 15.9 Å². The maximum atomic E-state index is 8.99. The van der Waals surface area contributed by atoms with Crippen molar-refractivity contribution in [2.45, 2.75) is 56.1 Å². The van der Waals surface area contributed by atoms with E-state index >= 15 is 0 Å². The molecule has 0 aromatic rings. The molecule has 0 radical (unpaired) electrons. The zero-order valence-electron chi connectivity index (χ0n) is 11.0. The minimum Gasteiger partial charge on any atom is -0.396 e. The number of halogens is 1. The molecule has 0 aliphatic rings. The first-order valence-corrected chi connectivity index (χ1v) is 6.58. The molecule has 4 heteroatoms. The van der Waals surface area contributed by atoms with E-state index in [2.05, 4.69) is 29.8 Å². The van der Waals surface area contributed by atoms with Crippen LogP contribution in [0.1, 0.15) is 40.0 Å². The molecule has 98 valence electrons. The van der Waals surface area contributed by atoms with Gasteiger partial charge in [0.25, 0.3) is 0 Å². The van der Waals surface area contributed by atoms with Crippen LogP contribution < -0.4 is 0 Å². The van der Waals surface area contributed by atoms with Crippen molar-refractivity contribution in [2.24, 2.45) is 0 Å². The summed E-state index contributed by atoms with van der Waals surface area (Å²) in [5.74, 6) is 0. The maximum absolute atomic E-state index is 8.99. The van der Waals surface area contributed by atoms with Crippen LogP contribution in [0.25, 0.3) is 0 Å². The Kier molecular flexibility index (Phi) is 7.10. The normalized spacial score (nSPS) is 18.2. The van der Waals surface area contributed by atoms with E-state index < -0.39 is 0 Å². The third kappa shape index (κ3) is 5.13. The molecule has 3 nitrogen and oxygen atoms in total. The lowest BCUT2D eigenvalue weighted by Crippen LogP contribution is -2.37. The lowest BCUT2D eigenvalue weighted by atomic mass is 9.91. The Bertz CT molecular complexity index is 197. The van der Waals surface area contributed by atoms with Crippen LogP contribution in [0.3, 0.4) is 0 Å². The quantitative estimate of drug-likeness (QED) is 0.700. The van der Waals surface area contributed by atoms with Gasteiger partial charge in [-0.2, -0.15) is 0 Å². The van der Waals surface area contributed by atoms with Gasteiger partial charge in [-0.25, -0.2) is 0 Å². The fraction of sp³-hybridized carbons (Fsp3) is 1.00. The molecule has 0 bridgehead atoms. The van der Waals surface area contributed by atoms with Crippen molar-refractivity contribution in [3.8, 4) is 0 Å². The van der Waals surface area contributed by atoms with Crippen LogP contribution in [0.4, 0.5) is 0 Å². The maximum Gasteiger partial charge on any atom is 0.0747 e. The predicted octanol–water partition coefficient (Wildman–Crippen LogP) is 2.74. The van der Waals surface area contributed by atoms with Gasteiger partial charge in [0.05, 0.1) is 11.2 Å². The van der Waals surface area contributed by atoms with Crippen LogP contribution in [0.2, 0.25) is 0 Å². The second-order valence-electron chi connectivity index (χ2n) is 4.94. The Balaban J connectivity index is 4.21. The van der Waals surface area contributed by atoms with E-state index in [1.54, 1.807) is 14.2 Å². The van der Waals surface area contributed by atoms with Crippen LogP contribution in [-0.2, 0) is 9.47 Å². The molecule has 0 aromatic heterocycles. The second kappa shape index (κ2) is 6.94. The van der Waals surface area contributed by atoms with E-state index in [-0.39, 0.29) is 22.6 Å². The second-order valence-corrected chi connectivity index (χ2v) is 6.05. The standard InChI is InChI=1S/C12H25BrO3/c1-11(2,15-4)10(13)6-7-12(3,16-5)8-9-14/h10,14H,6-9H2,1-5H3. The number of ether oxygens (including phenoxy) is 2. The summed E-state index contributed by atoms with van der Waals surface area (Å²) in [5.41, 5.74) is -0.432. The molecule has 0 spiro atoms. The summed E-state index contributed by atoms with van der Waals surface area (Å²) in [6, 6.07) is 0. The summed E-state index contributed by atoms with van der Waals surface area (Å²) in [4.78, 5) is 0.276. The molecule has 0 aromatic carbocycles. The highest BCUT2D eigenvalue weighted by atomic mass is 79.9. The SMILES string of the molecule is COC(C)(CCO)CCC(Br)C(C)(C)OC. The smallest absolute Gasteiger partial charge is 0.0747 e. The highest BCUT2D eigenvalue weighted by Gasteiger charge is 2.30. The summed E-state index contributed by atoms with van der Waals surface area (Å²) >= 11 is 3.65. The Morgan fingerprint density at radius 1 is 1.12 bits per heavy atom. The summed E-state index contributed by atoms with van der Waals surface area (Å²) in [5, 5.41) is 8.99. The van der Waals surface area contributed by atoms with Crippen molar-refractivity contribution in [1.29, 1.82) is 0 Å². The fourth-order valence-corrected chi connectivity index (χ4v) is 1.89. The van der Waals surface area contributed by atoms with E-state index in [1.807, 2.05) is 6.92 Å². The molecule has 16 heavy (non-hydrogen) atoms. The minimum atomic E-state index is -0.245. The van der Waals surface area contributed by atoms with Gasteiger partial charge in [-0.05, 0) is 40.0 Å². The van der Waals surface area contributed by atoms with E-state index in [9.17, 15) is 0 Å². The number of hydrogen-bond acceptors (Lipinski definition) is 3. The molecular formula is C12H25BrO3. The first-order chi connectivity index (χ1) is 7.31. The fourth-order valence-electron chi connectivity index (χ4n) is 1.47. The van der Waals surface area contributed by atoms with Crippen molar-refractivity contribution in [1.82, 2.24) is 0 Å². The molecule has 0 saturated heterocycles. The zero-order chi connectivity index (χ0) is 12.8.